The third-order valence-electron chi connectivity index (χ3n) is 6.58. The van der Waals surface area contributed by atoms with Crippen LogP contribution in [0.5, 0.6) is 0 Å². The molecule has 2 amide bonds. The fraction of sp³-hybridized carbons (Fsp3) is 0.652. The Bertz CT molecular complexity index is 966. The lowest BCUT2D eigenvalue weighted by molar-refractivity contribution is -0.128. The highest BCUT2D eigenvalue weighted by molar-refractivity contribution is 6.27. The molecule has 0 aliphatic carbocycles. The lowest BCUT2D eigenvalue weighted by atomic mass is 9.88. The number of carbonyl (C=O) groups excluding carboxylic acids is 2. The van der Waals surface area contributed by atoms with E-state index in [1.807, 2.05) is 26.1 Å². The van der Waals surface area contributed by atoms with Crippen molar-refractivity contribution in [3.63, 3.8) is 0 Å². The maximum absolute atomic E-state index is 12.8. The number of nitrogens with zero attached hydrogens (tertiary/aromatic N) is 5. The van der Waals surface area contributed by atoms with Gasteiger partial charge in [-0.25, -0.2) is 4.99 Å². The van der Waals surface area contributed by atoms with Gasteiger partial charge in [-0.05, 0) is 27.2 Å². The van der Waals surface area contributed by atoms with Crippen molar-refractivity contribution in [3.05, 3.63) is 11.8 Å². The molecule has 4 aliphatic heterocycles. The summed E-state index contributed by atoms with van der Waals surface area (Å²) in [5.41, 5.74) is -0.810. The van der Waals surface area contributed by atoms with Crippen LogP contribution in [0.2, 0.25) is 0 Å². The molecule has 33 heavy (non-hydrogen) atoms. The molecule has 0 saturated carbocycles. The van der Waals surface area contributed by atoms with Gasteiger partial charge in [-0.2, -0.15) is 0 Å². The van der Waals surface area contributed by atoms with Crippen LogP contribution in [-0.2, 0) is 19.1 Å². The van der Waals surface area contributed by atoms with E-state index < -0.39 is 11.1 Å². The maximum Gasteiger partial charge on any atom is 0.249 e. The summed E-state index contributed by atoms with van der Waals surface area (Å²) in [7, 11) is 1.73. The topological polar surface area (TPSA) is 117 Å². The Morgan fingerprint density at radius 2 is 2.18 bits per heavy atom. The van der Waals surface area contributed by atoms with Gasteiger partial charge in [0.05, 0.1) is 31.0 Å². The molecule has 10 nitrogen and oxygen atoms in total. The second kappa shape index (κ2) is 9.17. The van der Waals surface area contributed by atoms with Gasteiger partial charge in [0.1, 0.15) is 18.0 Å². The fourth-order valence-corrected chi connectivity index (χ4v) is 4.00. The highest BCUT2D eigenvalue weighted by Crippen LogP contribution is 2.33. The molecular formula is C23H32N6O4. The number of rotatable bonds is 6. The molecule has 0 aromatic rings. The van der Waals surface area contributed by atoms with E-state index in [-0.39, 0.29) is 30.4 Å². The Balaban J connectivity index is 1.26. The summed E-state index contributed by atoms with van der Waals surface area (Å²) in [6.07, 6.45) is 7.51. The predicted octanol–water partition coefficient (Wildman–Crippen LogP) is 1.16. The van der Waals surface area contributed by atoms with E-state index in [0.29, 0.717) is 37.7 Å². The Labute approximate surface area is 193 Å². The Morgan fingerprint density at radius 3 is 2.76 bits per heavy atom. The predicted molar refractivity (Wildman–Crippen MR) is 126 cm³/mol. The van der Waals surface area contributed by atoms with E-state index in [9.17, 15) is 9.59 Å². The number of hydrogen-bond acceptors (Lipinski definition) is 8. The summed E-state index contributed by atoms with van der Waals surface area (Å²) in [5.74, 6) is 1.04. The van der Waals surface area contributed by atoms with Crippen LogP contribution in [0, 0.1) is 5.92 Å². The molecule has 4 atom stereocenters. The summed E-state index contributed by atoms with van der Waals surface area (Å²) in [4.78, 5) is 44.7. The first-order valence-electron chi connectivity index (χ1n) is 11.4. The van der Waals surface area contributed by atoms with Crippen molar-refractivity contribution in [1.29, 1.82) is 0 Å². The number of allylic oxidation sites excluding steroid dienone is 1. The van der Waals surface area contributed by atoms with Gasteiger partial charge in [-0.1, -0.05) is 6.08 Å². The molecule has 0 radical (unpaired) electrons. The molecule has 178 valence electrons. The number of carbonyl (C=O) groups is 2. The van der Waals surface area contributed by atoms with Crippen LogP contribution < -0.4 is 5.32 Å². The van der Waals surface area contributed by atoms with Gasteiger partial charge in [-0.3, -0.25) is 24.6 Å². The molecule has 0 bridgehead atoms. The standard InChI is InChI=1S/C23H32N6O4/c1-15-28-22(2,9-20(30)29(15)4)18-6-5-16(10-24-18)11-25-21(31)23(3)14-26-19(12-27-23)33-13-17-7-8-32-17/h6,10,12,16-17H,5,7-9,11,13-14H2,1-4H3,(H,25,31). The fourth-order valence-electron chi connectivity index (χ4n) is 4.00. The van der Waals surface area contributed by atoms with Crippen molar-refractivity contribution in [2.45, 2.75) is 57.2 Å². The summed E-state index contributed by atoms with van der Waals surface area (Å²) in [5, 5.41) is 2.98. The first-order chi connectivity index (χ1) is 15.7. The zero-order valence-electron chi connectivity index (χ0n) is 19.7. The van der Waals surface area contributed by atoms with Crippen molar-refractivity contribution in [3.8, 4) is 0 Å². The number of aliphatic imine (C=N–C) groups is 4. The first kappa shape index (κ1) is 23.3. The van der Waals surface area contributed by atoms with Crippen molar-refractivity contribution < 1.29 is 19.1 Å². The largest absolute Gasteiger partial charge is 0.474 e. The van der Waals surface area contributed by atoms with Gasteiger partial charge in [0.15, 0.2) is 5.54 Å². The van der Waals surface area contributed by atoms with Gasteiger partial charge in [0, 0.05) is 38.8 Å². The van der Waals surface area contributed by atoms with E-state index >= 15 is 0 Å². The SMILES string of the molecule is CC1=NC(C)(C2=CCC(CNC(=O)C3(C)CN=C(OCC4CCO4)C=N3)C=N2)CC(=O)N1C. The van der Waals surface area contributed by atoms with Gasteiger partial charge in [-0.15, -0.1) is 0 Å². The van der Waals surface area contributed by atoms with Gasteiger partial charge >= 0.3 is 0 Å². The van der Waals surface area contributed by atoms with Gasteiger partial charge in [0.2, 0.25) is 17.7 Å². The van der Waals surface area contributed by atoms with Crippen LogP contribution >= 0.6 is 0 Å². The van der Waals surface area contributed by atoms with Crippen molar-refractivity contribution in [2.75, 3.05) is 33.4 Å². The minimum Gasteiger partial charge on any atom is -0.474 e. The van der Waals surface area contributed by atoms with E-state index in [2.05, 4.69) is 20.3 Å². The van der Waals surface area contributed by atoms with E-state index in [0.717, 1.165) is 18.7 Å². The average molecular weight is 457 g/mol. The Morgan fingerprint density at radius 1 is 1.39 bits per heavy atom. The van der Waals surface area contributed by atoms with Gasteiger partial charge in [0.25, 0.3) is 0 Å². The first-order valence-corrected chi connectivity index (χ1v) is 11.4. The summed E-state index contributed by atoms with van der Waals surface area (Å²) in [6, 6.07) is 0. The molecule has 0 aromatic carbocycles. The zero-order valence-corrected chi connectivity index (χ0v) is 19.7. The molecule has 1 N–H and O–H groups in total. The molecule has 1 saturated heterocycles. The van der Waals surface area contributed by atoms with E-state index in [1.165, 1.54) is 6.21 Å². The number of ether oxygens (including phenoxy) is 2. The summed E-state index contributed by atoms with van der Waals surface area (Å²) in [6.45, 7) is 7.45. The summed E-state index contributed by atoms with van der Waals surface area (Å²) < 4.78 is 10.9. The van der Waals surface area contributed by atoms with Crippen molar-refractivity contribution in [1.82, 2.24) is 10.2 Å². The highest BCUT2D eigenvalue weighted by Gasteiger charge is 2.38. The Hall–Kier alpha value is -2.88. The second-order valence-corrected chi connectivity index (χ2v) is 9.41. The van der Waals surface area contributed by atoms with Crippen LogP contribution in [0.15, 0.2) is 31.7 Å². The van der Waals surface area contributed by atoms with Crippen molar-refractivity contribution in [2.24, 2.45) is 25.9 Å². The second-order valence-electron chi connectivity index (χ2n) is 9.41. The monoisotopic (exact) mass is 456 g/mol. The zero-order chi connectivity index (χ0) is 23.6. The number of amides is 2. The van der Waals surface area contributed by atoms with Crippen LogP contribution in [0.25, 0.3) is 0 Å². The van der Waals surface area contributed by atoms with Crippen LogP contribution in [0.4, 0.5) is 0 Å². The molecule has 4 aliphatic rings. The van der Waals surface area contributed by atoms with Gasteiger partial charge < -0.3 is 19.7 Å². The Kier molecular flexibility index (Phi) is 6.47. The average Bonchev–Trinajstić information content (AvgIpc) is 2.76. The molecule has 0 aromatic heterocycles. The third-order valence-corrected chi connectivity index (χ3v) is 6.58. The van der Waals surface area contributed by atoms with Crippen LogP contribution in [-0.4, -0.2) is 91.4 Å². The molecule has 4 unspecified atom stereocenters. The van der Waals surface area contributed by atoms with Crippen molar-refractivity contribution >= 4 is 36.0 Å². The minimum atomic E-state index is -0.957. The molecule has 4 heterocycles. The maximum atomic E-state index is 12.8. The number of amidine groups is 1. The lowest BCUT2D eigenvalue weighted by Crippen LogP contribution is -2.49. The number of nitrogens with one attached hydrogen (secondary N) is 1. The molecule has 10 heteroatoms. The van der Waals surface area contributed by atoms with E-state index in [4.69, 9.17) is 14.5 Å². The minimum absolute atomic E-state index is 0.0318. The molecular weight excluding hydrogens is 424 g/mol. The number of hydrogen-bond donors (Lipinski definition) is 1. The lowest BCUT2D eigenvalue weighted by Gasteiger charge is -2.35. The normalized spacial score (nSPS) is 33.6. The smallest absolute Gasteiger partial charge is 0.249 e. The highest BCUT2D eigenvalue weighted by atomic mass is 16.5. The molecule has 1 fully saturated rings. The molecule has 4 rings (SSSR count). The summed E-state index contributed by atoms with van der Waals surface area (Å²) >= 11 is 0. The van der Waals surface area contributed by atoms with Crippen LogP contribution in [0.3, 0.4) is 0 Å². The molecule has 0 spiro atoms. The van der Waals surface area contributed by atoms with Crippen LogP contribution in [0.1, 0.15) is 40.0 Å². The quantitative estimate of drug-likeness (QED) is 0.645. The van der Waals surface area contributed by atoms with E-state index in [1.54, 1.807) is 18.9 Å². The third kappa shape index (κ3) is 5.05.